The third-order valence-corrected chi connectivity index (χ3v) is 7.92. The van der Waals surface area contributed by atoms with E-state index < -0.39 is 0 Å². The number of rotatable bonds is 7. The van der Waals surface area contributed by atoms with Gasteiger partial charge in [-0.2, -0.15) is 0 Å². The van der Waals surface area contributed by atoms with Gasteiger partial charge < -0.3 is 14.5 Å². The minimum Gasteiger partial charge on any atom is -0.464 e. The van der Waals surface area contributed by atoms with Crippen molar-refractivity contribution in [2.24, 2.45) is 5.92 Å². The molecule has 174 valence electrons. The summed E-state index contributed by atoms with van der Waals surface area (Å²) in [6, 6.07) is 9.43. The van der Waals surface area contributed by atoms with E-state index in [1.165, 1.54) is 62.7 Å². The van der Waals surface area contributed by atoms with E-state index in [2.05, 4.69) is 28.4 Å². The average molecular weight is 439 g/mol. The highest BCUT2D eigenvalue weighted by Gasteiger charge is 2.28. The molecule has 1 N–H and O–H groups in total. The minimum atomic E-state index is 0.149. The molecule has 0 bridgehead atoms. The summed E-state index contributed by atoms with van der Waals surface area (Å²) in [6.07, 6.45) is 14.6. The van der Waals surface area contributed by atoms with Gasteiger partial charge >= 0.3 is 0 Å². The molecule has 5 rings (SSSR count). The SMILES string of the molecule is O=C(CC1CCCO1)NC1CCC(CCN2CCCCC2c2coc3cccc-3c2)CC1. The molecule has 0 aromatic rings. The highest BCUT2D eigenvalue weighted by molar-refractivity contribution is 5.76. The van der Waals surface area contributed by atoms with Gasteiger partial charge in [-0.3, -0.25) is 9.69 Å². The first-order valence-electron chi connectivity index (χ1n) is 12.9. The van der Waals surface area contributed by atoms with Gasteiger partial charge in [0.15, 0.2) is 0 Å². The van der Waals surface area contributed by atoms with E-state index in [9.17, 15) is 4.79 Å². The summed E-state index contributed by atoms with van der Waals surface area (Å²) in [6.45, 7) is 3.18. The first-order valence-corrected chi connectivity index (χ1v) is 12.9. The van der Waals surface area contributed by atoms with Crippen LogP contribution in [0.5, 0.6) is 0 Å². The summed E-state index contributed by atoms with van der Waals surface area (Å²) >= 11 is 0. The lowest BCUT2D eigenvalue weighted by atomic mass is 9.83. The third kappa shape index (κ3) is 5.37. The van der Waals surface area contributed by atoms with E-state index in [1.807, 2.05) is 12.3 Å². The van der Waals surface area contributed by atoms with Gasteiger partial charge in [0, 0.05) is 29.8 Å². The molecule has 3 fully saturated rings. The summed E-state index contributed by atoms with van der Waals surface area (Å²) in [7, 11) is 0. The van der Waals surface area contributed by atoms with E-state index in [0.717, 1.165) is 44.0 Å². The smallest absolute Gasteiger partial charge is 0.222 e. The second-order valence-electron chi connectivity index (χ2n) is 10.2. The number of piperidine rings is 1. The molecule has 0 radical (unpaired) electrons. The van der Waals surface area contributed by atoms with Crippen LogP contribution in [0.15, 0.2) is 34.9 Å². The zero-order chi connectivity index (χ0) is 21.8. The summed E-state index contributed by atoms with van der Waals surface area (Å²) in [4.78, 5) is 15.0. The average Bonchev–Trinajstić information content (AvgIpc) is 3.50. The standard InChI is InChI=1S/C27H38N2O3/c30-27(18-24-6-4-16-31-24)28-23-11-9-20(10-12-23)13-15-29-14-2-1-7-25(29)22-17-21-5-3-8-26(21)32-19-22/h3,5,8,17,19-20,23-25H,1-2,4,6-7,9-16,18H2,(H,28,30). The van der Waals surface area contributed by atoms with Crippen LogP contribution < -0.4 is 5.32 Å². The molecule has 5 heteroatoms. The van der Waals surface area contributed by atoms with E-state index in [1.54, 1.807) is 0 Å². The molecule has 0 spiro atoms. The highest BCUT2D eigenvalue weighted by Crippen LogP contribution is 2.36. The fourth-order valence-corrected chi connectivity index (χ4v) is 6.04. The number of hydrogen-bond acceptors (Lipinski definition) is 4. The predicted molar refractivity (Wildman–Crippen MR) is 126 cm³/mol. The topological polar surface area (TPSA) is 54.7 Å². The Labute approximate surface area is 192 Å². The number of likely N-dealkylation sites (tertiary alicyclic amines) is 1. The Morgan fingerprint density at radius 1 is 1.06 bits per heavy atom. The van der Waals surface area contributed by atoms with Gasteiger partial charge in [0.1, 0.15) is 5.76 Å². The molecule has 0 aromatic carbocycles. The molecule has 3 heterocycles. The first-order chi connectivity index (χ1) is 15.7. The highest BCUT2D eigenvalue weighted by atomic mass is 16.5. The largest absolute Gasteiger partial charge is 0.464 e. The summed E-state index contributed by atoms with van der Waals surface area (Å²) < 4.78 is 11.5. The fraction of sp³-hybridized carbons (Fsp3) is 0.667. The van der Waals surface area contributed by atoms with Crippen molar-refractivity contribution in [2.45, 2.75) is 88.8 Å². The molecule has 1 amide bonds. The molecule has 2 unspecified atom stereocenters. The Bertz CT molecular complexity index is 835. The second kappa shape index (κ2) is 10.4. The predicted octanol–water partition coefficient (Wildman–Crippen LogP) is 5.55. The zero-order valence-corrected chi connectivity index (χ0v) is 19.3. The Balaban J connectivity index is 1.08. The summed E-state index contributed by atoms with van der Waals surface area (Å²) in [5.74, 6) is 1.95. The van der Waals surface area contributed by atoms with Crippen LogP contribution in [0.25, 0.3) is 11.3 Å². The lowest BCUT2D eigenvalue weighted by Crippen LogP contribution is -2.39. The van der Waals surface area contributed by atoms with Crippen molar-refractivity contribution < 1.29 is 13.9 Å². The number of carbonyl (C=O) groups is 1. The van der Waals surface area contributed by atoms with Crippen molar-refractivity contribution in [1.29, 1.82) is 0 Å². The normalized spacial score (nSPS) is 29.4. The molecule has 1 saturated carbocycles. The summed E-state index contributed by atoms with van der Waals surface area (Å²) in [5, 5.41) is 3.27. The Morgan fingerprint density at radius 2 is 1.97 bits per heavy atom. The maximum Gasteiger partial charge on any atom is 0.222 e. The van der Waals surface area contributed by atoms with Crippen LogP contribution in [0.3, 0.4) is 0 Å². The van der Waals surface area contributed by atoms with Crippen LogP contribution in [-0.2, 0) is 9.53 Å². The van der Waals surface area contributed by atoms with Crippen LogP contribution in [0, 0.1) is 5.92 Å². The molecule has 5 aliphatic rings. The fourth-order valence-electron chi connectivity index (χ4n) is 6.04. The van der Waals surface area contributed by atoms with Gasteiger partial charge in [0.2, 0.25) is 5.91 Å². The summed E-state index contributed by atoms with van der Waals surface area (Å²) in [5.41, 5.74) is 2.55. The Kier molecular flexibility index (Phi) is 7.13. The molecule has 2 saturated heterocycles. The third-order valence-electron chi connectivity index (χ3n) is 7.92. The first kappa shape index (κ1) is 22.0. The number of nitrogens with one attached hydrogen (secondary N) is 1. The van der Waals surface area contributed by atoms with Gasteiger partial charge in [-0.05, 0) is 88.9 Å². The van der Waals surface area contributed by atoms with Gasteiger partial charge in [0.05, 0.1) is 18.8 Å². The number of amides is 1. The Morgan fingerprint density at radius 3 is 2.81 bits per heavy atom. The second-order valence-corrected chi connectivity index (χ2v) is 10.2. The number of carbonyl (C=O) groups excluding carboxylic acids is 1. The molecule has 2 aliphatic carbocycles. The van der Waals surface area contributed by atoms with Crippen molar-refractivity contribution >= 4 is 5.91 Å². The van der Waals surface area contributed by atoms with E-state index in [-0.39, 0.29) is 12.0 Å². The van der Waals surface area contributed by atoms with Crippen LogP contribution >= 0.6 is 0 Å². The number of nitrogens with zero attached hydrogens (tertiary/aromatic N) is 1. The van der Waals surface area contributed by atoms with Crippen LogP contribution in [-0.4, -0.2) is 42.6 Å². The number of fused-ring (bicyclic) bond motifs is 1. The molecular weight excluding hydrogens is 400 g/mol. The van der Waals surface area contributed by atoms with Crippen molar-refractivity contribution in [3.63, 3.8) is 0 Å². The van der Waals surface area contributed by atoms with Gasteiger partial charge in [-0.1, -0.05) is 18.6 Å². The molecule has 5 nitrogen and oxygen atoms in total. The van der Waals surface area contributed by atoms with Gasteiger partial charge in [-0.25, -0.2) is 0 Å². The minimum absolute atomic E-state index is 0.149. The maximum absolute atomic E-state index is 12.3. The molecule has 3 aliphatic heterocycles. The van der Waals surface area contributed by atoms with Crippen molar-refractivity contribution in [1.82, 2.24) is 10.2 Å². The van der Waals surface area contributed by atoms with Crippen LogP contribution in [0.4, 0.5) is 0 Å². The zero-order valence-electron chi connectivity index (χ0n) is 19.3. The quantitative estimate of drug-likeness (QED) is 0.616. The molecule has 32 heavy (non-hydrogen) atoms. The molecule has 0 aromatic heterocycles. The number of ether oxygens (including phenoxy) is 1. The van der Waals surface area contributed by atoms with Crippen LogP contribution in [0.1, 0.15) is 82.2 Å². The molecular formula is C27H38N2O3. The monoisotopic (exact) mass is 438 g/mol. The van der Waals surface area contributed by atoms with Gasteiger partial charge in [-0.15, -0.1) is 0 Å². The van der Waals surface area contributed by atoms with E-state index in [4.69, 9.17) is 9.15 Å². The van der Waals surface area contributed by atoms with Crippen LogP contribution in [0.2, 0.25) is 0 Å². The Hall–Kier alpha value is -1.85. The van der Waals surface area contributed by atoms with Gasteiger partial charge in [0.25, 0.3) is 0 Å². The molecule has 2 atom stereocenters. The lowest BCUT2D eigenvalue weighted by molar-refractivity contribution is -0.124. The van der Waals surface area contributed by atoms with E-state index >= 15 is 0 Å². The lowest BCUT2D eigenvalue weighted by Gasteiger charge is -2.37. The van der Waals surface area contributed by atoms with Crippen molar-refractivity contribution in [3.05, 3.63) is 36.1 Å². The van der Waals surface area contributed by atoms with E-state index in [0.29, 0.717) is 18.5 Å². The number of hydrogen-bond donors (Lipinski definition) is 1. The van der Waals surface area contributed by atoms with Crippen molar-refractivity contribution in [3.8, 4) is 11.3 Å². The maximum atomic E-state index is 12.3. The van der Waals surface area contributed by atoms with Crippen molar-refractivity contribution in [2.75, 3.05) is 19.7 Å².